The zero-order chi connectivity index (χ0) is 14.8. The Balaban J connectivity index is 1.95. The van der Waals surface area contributed by atoms with Crippen LogP contribution in [0.5, 0.6) is 0 Å². The van der Waals surface area contributed by atoms with Crippen molar-refractivity contribution in [2.24, 2.45) is 0 Å². The molecule has 0 unspecified atom stereocenters. The Morgan fingerprint density at radius 3 is 2.62 bits per heavy atom. The molecule has 0 radical (unpaired) electrons. The molecule has 5 heteroatoms. The minimum atomic E-state index is -1.06. The average Bonchev–Trinajstić information content (AvgIpc) is 3.09. The normalized spacial score (nSPS) is 10.7. The second-order valence-electron chi connectivity index (χ2n) is 4.75. The molecule has 0 aliphatic carbocycles. The lowest BCUT2D eigenvalue weighted by Gasteiger charge is -2.10. The average molecular weight is 282 g/mol. The van der Waals surface area contributed by atoms with Crippen LogP contribution in [0.25, 0.3) is 11.3 Å². The van der Waals surface area contributed by atoms with Gasteiger partial charge >= 0.3 is 5.97 Å². The summed E-state index contributed by atoms with van der Waals surface area (Å²) >= 11 is 0. The largest absolute Gasteiger partial charge is 0.475 e. The van der Waals surface area contributed by atoms with Crippen LogP contribution in [-0.4, -0.2) is 20.6 Å². The summed E-state index contributed by atoms with van der Waals surface area (Å²) in [6.45, 7) is 2.50. The first-order valence-corrected chi connectivity index (χ1v) is 6.53. The van der Waals surface area contributed by atoms with Gasteiger partial charge in [0.2, 0.25) is 5.76 Å². The lowest BCUT2D eigenvalue weighted by molar-refractivity contribution is 0.0660. The van der Waals surface area contributed by atoms with E-state index in [-0.39, 0.29) is 5.76 Å². The zero-order valence-corrected chi connectivity index (χ0v) is 11.5. The number of aromatic nitrogens is 2. The fraction of sp³-hybridized carbons (Fsp3) is 0.125. The van der Waals surface area contributed by atoms with Crippen molar-refractivity contribution in [1.82, 2.24) is 9.55 Å². The zero-order valence-electron chi connectivity index (χ0n) is 11.5. The third kappa shape index (κ3) is 2.58. The first-order valence-electron chi connectivity index (χ1n) is 6.53. The van der Waals surface area contributed by atoms with E-state index in [1.807, 2.05) is 31.2 Å². The van der Waals surface area contributed by atoms with Crippen molar-refractivity contribution in [3.8, 4) is 11.3 Å². The molecule has 0 aromatic carbocycles. The molecular formula is C16H14N2O3. The third-order valence-electron chi connectivity index (χ3n) is 3.36. The van der Waals surface area contributed by atoms with Crippen LogP contribution in [0.2, 0.25) is 0 Å². The maximum atomic E-state index is 10.9. The van der Waals surface area contributed by atoms with Gasteiger partial charge in [-0.25, -0.2) is 4.79 Å². The van der Waals surface area contributed by atoms with E-state index in [0.29, 0.717) is 12.3 Å². The van der Waals surface area contributed by atoms with Crippen LogP contribution in [0, 0.1) is 6.92 Å². The molecule has 3 rings (SSSR count). The smallest absolute Gasteiger partial charge is 0.371 e. The predicted octanol–water partition coefficient (Wildman–Crippen LogP) is 3.20. The Bertz CT molecular complexity index is 772. The molecule has 3 aromatic rings. The van der Waals surface area contributed by atoms with Gasteiger partial charge in [0.25, 0.3) is 0 Å². The third-order valence-corrected chi connectivity index (χ3v) is 3.36. The molecule has 0 fully saturated rings. The van der Waals surface area contributed by atoms with Crippen molar-refractivity contribution in [3.63, 3.8) is 0 Å². The van der Waals surface area contributed by atoms with Crippen LogP contribution in [0.4, 0.5) is 0 Å². The van der Waals surface area contributed by atoms with E-state index < -0.39 is 5.97 Å². The fourth-order valence-electron chi connectivity index (χ4n) is 2.29. The summed E-state index contributed by atoms with van der Waals surface area (Å²) in [6, 6.07) is 11.1. The SMILES string of the molecule is Cc1ccc(-c2ccncc2)n1Cc1ccc(C(=O)O)o1. The van der Waals surface area contributed by atoms with Gasteiger partial charge in [0.15, 0.2) is 0 Å². The summed E-state index contributed by atoms with van der Waals surface area (Å²) < 4.78 is 7.41. The number of carboxylic acid groups (broad SMARTS) is 1. The Hall–Kier alpha value is -2.82. The molecule has 1 N–H and O–H groups in total. The minimum absolute atomic E-state index is 0.0414. The molecule has 0 saturated heterocycles. The summed E-state index contributed by atoms with van der Waals surface area (Å²) in [5.74, 6) is -0.484. The van der Waals surface area contributed by atoms with E-state index in [0.717, 1.165) is 17.0 Å². The summed E-state index contributed by atoms with van der Waals surface area (Å²) in [5.41, 5.74) is 3.18. The van der Waals surface area contributed by atoms with Crippen molar-refractivity contribution < 1.29 is 14.3 Å². The Labute approximate surface area is 121 Å². The molecule has 3 heterocycles. The first kappa shape index (κ1) is 13.2. The number of aromatic carboxylic acids is 1. The molecule has 0 aliphatic heterocycles. The fourth-order valence-corrected chi connectivity index (χ4v) is 2.29. The van der Waals surface area contributed by atoms with Crippen molar-refractivity contribution in [1.29, 1.82) is 0 Å². The number of carboxylic acids is 1. The summed E-state index contributed by atoms with van der Waals surface area (Å²) in [5, 5.41) is 8.90. The van der Waals surface area contributed by atoms with Crippen molar-refractivity contribution >= 4 is 5.97 Å². The number of furan rings is 1. The van der Waals surface area contributed by atoms with Crippen LogP contribution in [0.1, 0.15) is 22.0 Å². The topological polar surface area (TPSA) is 68.3 Å². The first-order chi connectivity index (χ1) is 10.1. The lowest BCUT2D eigenvalue weighted by Crippen LogP contribution is -2.03. The van der Waals surface area contributed by atoms with Gasteiger partial charge in [-0.05, 0) is 43.3 Å². The van der Waals surface area contributed by atoms with Gasteiger partial charge in [-0.2, -0.15) is 0 Å². The molecule has 106 valence electrons. The van der Waals surface area contributed by atoms with Crippen LogP contribution in [0.3, 0.4) is 0 Å². The Kier molecular flexibility index (Phi) is 3.31. The van der Waals surface area contributed by atoms with E-state index in [2.05, 4.69) is 9.55 Å². The number of carbonyl (C=O) groups is 1. The molecule has 0 aliphatic rings. The molecule has 0 spiro atoms. The maximum absolute atomic E-state index is 10.9. The molecular weight excluding hydrogens is 268 g/mol. The number of rotatable bonds is 4. The van der Waals surface area contributed by atoms with Crippen LogP contribution in [-0.2, 0) is 6.54 Å². The van der Waals surface area contributed by atoms with Crippen LogP contribution >= 0.6 is 0 Å². The van der Waals surface area contributed by atoms with E-state index in [1.54, 1.807) is 18.5 Å². The van der Waals surface area contributed by atoms with Crippen molar-refractivity contribution in [3.05, 3.63) is 66.0 Å². The molecule has 0 atom stereocenters. The van der Waals surface area contributed by atoms with E-state index in [4.69, 9.17) is 9.52 Å². The summed E-state index contributed by atoms with van der Waals surface area (Å²) in [7, 11) is 0. The second kappa shape index (κ2) is 5.28. The maximum Gasteiger partial charge on any atom is 0.371 e. The lowest BCUT2D eigenvalue weighted by atomic mass is 10.2. The van der Waals surface area contributed by atoms with Crippen LogP contribution < -0.4 is 0 Å². The Morgan fingerprint density at radius 2 is 1.95 bits per heavy atom. The highest BCUT2D eigenvalue weighted by atomic mass is 16.4. The second-order valence-corrected chi connectivity index (χ2v) is 4.75. The Morgan fingerprint density at radius 1 is 1.19 bits per heavy atom. The highest BCUT2D eigenvalue weighted by Crippen LogP contribution is 2.23. The number of aryl methyl sites for hydroxylation is 1. The monoisotopic (exact) mass is 282 g/mol. The molecule has 3 aromatic heterocycles. The van der Waals surface area contributed by atoms with Gasteiger partial charge in [-0.1, -0.05) is 0 Å². The van der Waals surface area contributed by atoms with Gasteiger partial charge < -0.3 is 14.1 Å². The highest BCUT2D eigenvalue weighted by molar-refractivity contribution is 5.84. The minimum Gasteiger partial charge on any atom is -0.475 e. The van der Waals surface area contributed by atoms with E-state index in [1.165, 1.54) is 6.07 Å². The summed E-state index contributed by atoms with van der Waals surface area (Å²) in [4.78, 5) is 14.9. The molecule has 0 saturated carbocycles. The molecule has 21 heavy (non-hydrogen) atoms. The molecule has 0 bridgehead atoms. The standard InChI is InChI=1S/C16H14N2O3/c1-11-2-4-14(12-6-8-17-9-7-12)18(11)10-13-3-5-15(21-13)16(19)20/h2-9H,10H2,1H3,(H,19,20). The highest BCUT2D eigenvalue weighted by Gasteiger charge is 2.12. The van der Waals surface area contributed by atoms with Crippen LogP contribution in [0.15, 0.2) is 53.2 Å². The number of nitrogens with zero attached hydrogens (tertiary/aromatic N) is 2. The number of pyridine rings is 1. The van der Waals surface area contributed by atoms with Gasteiger partial charge in [-0.15, -0.1) is 0 Å². The van der Waals surface area contributed by atoms with Gasteiger partial charge in [-0.3, -0.25) is 4.98 Å². The molecule has 5 nitrogen and oxygen atoms in total. The quantitative estimate of drug-likeness (QED) is 0.798. The van der Waals surface area contributed by atoms with Gasteiger partial charge in [0.1, 0.15) is 5.76 Å². The van der Waals surface area contributed by atoms with Crippen molar-refractivity contribution in [2.75, 3.05) is 0 Å². The van der Waals surface area contributed by atoms with Crippen molar-refractivity contribution in [2.45, 2.75) is 13.5 Å². The molecule has 0 amide bonds. The number of hydrogen-bond donors (Lipinski definition) is 1. The number of hydrogen-bond acceptors (Lipinski definition) is 3. The van der Waals surface area contributed by atoms with Gasteiger partial charge in [0.05, 0.1) is 6.54 Å². The van der Waals surface area contributed by atoms with E-state index in [9.17, 15) is 4.79 Å². The predicted molar refractivity (Wildman–Crippen MR) is 77.2 cm³/mol. The van der Waals surface area contributed by atoms with E-state index >= 15 is 0 Å². The summed E-state index contributed by atoms with van der Waals surface area (Å²) in [6.07, 6.45) is 3.49. The van der Waals surface area contributed by atoms with Gasteiger partial charge in [0, 0.05) is 29.3 Å².